The quantitative estimate of drug-likeness (QED) is 0.870. The third-order valence-electron chi connectivity index (χ3n) is 3.06. The third-order valence-corrected chi connectivity index (χ3v) is 3.06. The summed E-state index contributed by atoms with van der Waals surface area (Å²) in [5, 5.41) is 2.64. The Bertz CT molecular complexity index is 727. The fraction of sp³-hybridized carbons (Fsp3) is 0.133. The van der Waals surface area contributed by atoms with Gasteiger partial charge in [0.25, 0.3) is 5.91 Å². The molecule has 112 valence electrons. The average molecular weight is 300 g/mol. The topological polar surface area (TPSA) is 86.8 Å². The molecule has 2 heterocycles. The monoisotopic (exact) mass is 300 g/mol. The lowest BCUT2D eigenvalue weighted by Crippen LogP contribution is -2.13. The van der Waals surface area contributed by atoms with Crippen molar-refractivity contribution in [1.29, 1.82) is 0 Å². The lowest BCUT2D eigenvalue weighted by Gasteiger charge is -2.06. The van der Waals surface area contributed by atoms with Gasteiger partial charge in [0.15, 0.2) is 11.5 Å². The number of benzene rings is 1. The second-order valence-electron chi connectivity index (χ2n) is 4.45. The first kappa shape index (κ1) is 13.9. The summed E-state index contributed by atoms with van der Waals surface area (Å²) in [7, 11) is 1.29. The molecule has 7 heteroatoms. The fourth-order valence-corrected chi connectivity index (χ4v) is 1.93. The van der Waals surface area contributed by atoms with Crippen LogP contribution >= 0.6 is 0 Å². The van der Waals surface area contributed by atoms with Gasteiger partial charge in [-0.3, -0.25) is 4.79 Å². The van der Waals surface area contributed by atoms with Crippen LogP contribution in [0, 0.1) is 0 Å². The molecule has 0 fully saturated rings. The molecule has 1 aliphatic heterocycles. The highest BCUT2D eigenvalue weighted by molar-refractivity contribution is 6.04. The molecule has 0 bridgehead atoms. The van der Waals surface area contributed by atoms with E-state index in [1.54, 1.807) is 18.2 Å². The molecule has 0 saturated heterocycles. The number of esters is 1. The van der Waals surface area contributed by atoms with E-state index < -0.39 is 5.97 Å². The maximum absolute atomic E-state index is 12.1. The van der Waals surface area contributed by atoms with Crippen molar-refractivity contribution in [1.82, 2.24) is 4.98 Å². The molecule has 22 heavy (non-hydrogen) atoms. The van der Waals surface area contributed by atoms with Crippen molar-refractivity contribution in [2.24, 2.45) is 0 Å². The Kier molecular flexibility index (Phi) is 3.61. The van der Waals surface area contributed by atoms with Gasteiger partial charge in [-0.2, -0.15) is 0 Å². The third kappa shape index (κ3) is 2.69. The van der Waals surface area contributed by atoms with Crippen LogP contribution in [0.15, 0.2) is 36.5 Å². The number of rotatable bonds is 3. The number of ether oxygens (including phenoxy) is 3. The minimum atomic E-state index is -0.485. The molecule has 0 radical (unpaired) electrons. The summed E-state index contributed by atoms with van der Waals surface area (Å²) in [6.45, 7) is 0.150. The number of fused-ring (bicyclic) bond motifs is 1. The number of carbonyl (C=O) groups is 2. The Balaban J connectivity index is 1.72. The number of carbonyl (C=O) groups excluding carboxylic acids is 2. The highest BCUT2D eigenvalue weighted by atomic mass is 16.7. The average Bonchev–Trinajstić information content (AvgIpc) is 3.02. The van der Waals surface area contributed by atoms with E-state index in [1.165, 1.54) is 25.4 Å². The first-order valence-corrected chi connectivity index (χ1v) is 6.43. The summed E-state index contributed by atoms with van der Waals surface area (Å²) in [5.41, 5.74) is 0.728. The lowest BCUT2D eigenvalue weighted by atomic mass is 10.2. The van der Waals surface area contributed by atoms with E-state index in [9.17, 15) is 9.59 Å². The number of aromatic nitrogens is 1. The van der Waals surface area contributed by atoms with Crippen LogP contribution in [0.5, 0.6) is 11.5 Å². The van der Waals surface area contributed by atoms with Gasteiger partial charge in [-0.1, -0.05) is 0 Å². The standard InChI is InChI=1S/C15H12N2O5/c1-20-15(19)10-3-5-13(16-7-10)17-14(18)9-2-4-11-12(6-9)22-8-21-11/h2-7H,8H2,1H3,(H,16,17,18). The summed E-state index contributed by atoms with van der Waals surface area (Å²) in [4.78, 5) is 27.4. The first-order chi connectivity index (χ1) is 10.7. The Labute approximate surface area is 125 Å². The fourth-order valence-electron chi connectivity index (χ4n) is 1.93. The van der Waals surface area contributed by atoms with E-state index in [-0.39, 0.29) is 12.7 Å². The minimum Gasteiger partial charge on any atom is -0.465 e. The number of nitrogens with one attached hydrogen (secondary N) is 1. The maximum Gasteiger partial charge on any atom is 0.339 e. The number of nitrogens with zero attached hydrogens (tertiary/aromatic N) is 1. The largest absolute Gasteiger partial charge is 0.465 e. The zero-order chi connectivity index (χ0) is 15.5. The summed E-state index contributed by atoms with van der Waals surface area (Å²) in [6.07, 6.45) is 1.33. The van der Waals surface area contributed by atoms with E-state index in [0.29, 0.717) is 28.4 Å². The van der Waals surface area contributed by atoms with Crippen LogP contribution in [0.4, 0.5) is 5.82 Å². The van der Waals surface area contributed by atoms with E-state index in [0.717, 1.165) is 0 Å². The molecule has 1 aromatic carbocycles. The number of hydrogen-bond acceptors (Lipinski definition) is 6. The molecule has 0 aliphatic carbocycles. The van der Waals surface area contributed by atoms with E-state index in [4.69, 9.17) is 9.47 Å². The predicted molar refractivity (Wildman–Crippen MR) is 76.1 cm³/mol. The van der Waals surface area contributed by atoms with Crippen molar-refractivity contribution in [2.75, 3.05) is 19.2 Å². The normalized spacial score (nSPS) is 11.9. The van der Waals surface area contributed by atoms with Crippen molar-refractivity contribution in [3.63, 3.8) is 0 Å². The summed E-state index contributed by atoms with van der Waals surface area (Å²) in [5.74, 6) is 0.645. The summed E-state index contributed by atoms with van der Waals surface area (Å²) in [6, 6.07) is 7.95. The molecule has 1 aliphatic rings. The maximum atomic E-state index is 12.1. The van der Waals surface area contributed by atoms with E-state index in [1.807, 2.05) is 0 Å². The molecule has 7 nitrogen and oxygen atoms in total. The number of hydrogen-bond donors (Lipinski definition) is 1. The molecule has 0 atom stereocenters. The van der Waals surface area contributed by atoms with Crippen molar-refractivity contribution >= 4 is 17.7 Å². The van der Waals surface area contributed by atoms with Crippen molar-refractivity contribution in [2.45, 2.75) is 0 Å². The van der Waals surface area contributed by atoms with Crippen molar-refractivity contribution in [3.05, 3.63) is 47.7 Å². The van der Waals surface area contributed by atoms with Crippen LogP contribution in [-0.2, 0) is 4.74 Å². The van der Waals surface area contributed by atoms with Crippen LogP contribution in [0.1, 0.15) is 20.7 Å². The molecule has 1 amide bonds. The molecule has 0 saturated carbocycles. The van der Waals surface area contributed by atoms with Crippen LogP contribution < -0.4 is 14.8 Å². The van der Waals surface area contributed by atoms with Crippen molar-refractivity contribution in [3.8, 4) is 11.5 Å². The van der Waals surface area contributed by atoms with E-state index >= 15 is 0 Å². The molecule has 3 rings (SSSR count). The van der Waals surface area contributed by atoms with Gasteiger partial charge in [-0.15, -0.1) is 0 Å². The highest BCUT2D eigenvalue weighted by Gasteiger charge is 2.16. The van der Waals surface area contributed by atoms with Gasteiger partial charge in [0, 0.05) is 11.8 Å². The second kappa shape index (κ2) is 5.72. The lowest BCUT2D eigenvalue weighted by molar-refractivity contribution is 0.0600. The number of amides is 1. The Hall–Kier alpha value is -3.09. The van der Waals surface area contributed by atoms with Gasteiger partial charge in [-0.25, -0.2) is 9.78 Å². The molecule has 1 N–H and O–H groups in total. The summed E-state index contributed by atoms with van der Waals surface area (Å²) < 4.78 is 15.0. The smallest absolute Gasteiger partial charge is 0.339 e. The van der Waals surface area contributed by atoms with Crippen LogP contribution in [0.2, 0.25) is 0 Å². The van der Waals surface area contributed by atoms with Gasteiger partial charge in [0.1, 0.15) is 5.82 Å². The van der Waals surface area contributed by atoms with E-state index in [2.05, 4.69) is 15.0 Å². The van der Waals surface area contributed by atoms with Gasteiger partial charge in [0.05, 0.1) is 12.7 Å². The Morgan fingerprint density at radius 3 is 2.64 bits per heavy atom. The van der Waals surface area contributed by atoms with Gasteiger partial charge in [-0.05, 0) is 30.3 Å². The highest BCUT2D eigenvalue weighted by Crippen LogP contribution is 2.32. The second-order valence-corrected chi connectivity index (χ2v) is 4.45. The van der Waals surface area contributed by atoms with Gasteiger partial charge >= 0.3 is 5.97 Å². The number of methoxy groups -OCH3 is 1. The van der Waals surface area contributed by atoms with Crippen molar-refractivity contribution < 1.29 is 23.8 Å². The van der Waals surface area contributed by atoms with Crippen LogP contribution in [0.25, 0.3) is 0 Å². The number of anilines is 1. The number of pyridine rings is 1. The van der Waals surface area contributed by atoms with Gasteiger partial charge in [0.2, 0.25) is 6.79 Å². The molecule has 0 spiro atoms. The molecule has 0 unspecified atom stereocenters. The first-order valence-electron chi connectivity index (χ1n) is 6.43. The predicted octanol–water partition coefficient (Wildman–Crippen LogP) is 1.85. The molecule has 2 aromatic rings. The van der Waals surface area contributed by atoms with Crippen LogP contribution in [0.3, 0.4) is 0 Å². The van der Waals surface area contributed by atoms with Gasteiger partial charge < -0.3 is 19.5 Å². The van der Waals surface area contributed by atoms with Crippen LogP contribution in [-0.4, -0.2) is 30.8 Å². The SMILES string of the molecule is COC(=O)c1ccc(NC(=O)c2ccc3c(c2)OCO3)nc1. The summed E-state index contributed by atoms with van der Waals surface area (Å²) >= 11 is 0. The Morgan fingerprint density at radius 2 is 1.91 bits per heavy atom. The zero-order valence-electron chi connectivity index (χ0n) is 11.7. The molecular weight excluding hydrogens is 288 g/mol. The zero-order valence-corrected chi connectivity index (χ0v) is 11.7. The minimum absolute atomic E-state index is 0.150. The Morgan fingerprint density at radius 1 is 1.14 bits per heavy atom. The molecular formula is C15H12N2O5. The molecule has 1 aromatic heterocycles.